The first-order chi connectivity index (χ1) is 18.5. The molecule has 4 heteroatoms. The maximum Gasteiger partial charge on any atom is 0.216 e. The van der Waals surface area contributed by atoms with Gasteiger partial charge in [-0.3, -0.25) is 0 Å². The Morgan fingerprint density at radius 3 is 2.29 bits per heavy atom. The van der Waals surface area contributed by atoms with Crippen LogP contribution in [0.3, 0.4) is 0 Å². The largest absolute Gasteiger partial charge is 0.454 e. The zero-order valence-electron chi connectivity index (χ0n) is 21.7. The van der Waals surface area contributed by atoms with Gasteiger partial charge in [0.05, 0.1) is 17.2 Å². The molecule has 6 aromatic rings. The Balaban J connectivity index is 1.36. The van der Waals surface area contributed by atoms with E-state index in [1.165, 1.54) is 16.8 Å². The molecule has 1 aliphatic heterocycles. The molecular formula is C34H28FN2O+. The van der Waals surface area contributed by atoms with Crippen molar-refractivity contribution >= 4 is 27.6 Å². The molecule has 3 nitrogen and oxygen atoms in total. The van der Waals surface area contributed by atoms with E-state index in [2.05, 4.69) is 78.0 Å². The van der Waals surface area contributed by atoms with E-state index in [0.29, 0.717) is 11.1 Å². The summed E-state index contributed by atoms with van der Waals surface area (Å²) in [5.41, 5.74) is 9.77. The van der Waals surface area contributed by atoms with E-state index in [0.717, 1.165) is 45.2 Å². The molecule has 3 heterocycles. The van der Waals surface area contributed by atoms with Crippen LogP contribution in [0.1, 0.15) is 22.7 Å². The van der Waals surface area contributed by atoms with Crippen molar-refractivity contribution in [3.05, 3.63) is 120 Å². The fraction of sp³-hybridized carbons (Fsp3) is 0.147. The van der Waals surface area contributed by atoms with Gasteiger partial charge in [-0.25, -0.2) is 8.96 Å². The Morgan fingerprint density at radius 1 is 0.816 bits per heavy atom. The second-order valence-corrected chi connectivity index (χ2v) is 10.3. The number of aryl methyl sites for hydroxylation is 2. The van der Waals surface area contributed by atoms with E-state index in [1.54, 1.807) is 6.07 Å². The van der Waals surface area contributed by atoms with Gasteiger partial charge in [0, 0.05) is 35.6 Å². The Hall–Kier alpha value is -4.44. The lowest BCUT2D eigenvalue weighted by molar-refractivity contribution is -0.660. The summed E-state index contributed by atoms with van der Waals surface area (Å²) in [5.74, 6) is -0.279. The summed E-state index contributed by atoms with van der Waals surface area (Å²) >= 11 is 0. The van der Waals surface area contributed by atoms with E-state index in [-0.39, 0.29) is 11.9 Å². The maximum atomic E-state index is 15.5. The Kier molecular flexibility index (Phi) is 5.12. The van der Waals surface area contributed by atoms with E-state index in [9.17, 15) is 0 Å². The normalized spacial score (nSPS) is 14.9. The van der Waals surface area contributed by atoms with Gasteiger partial charge in [0.2, 0.25) is 5.69 Å². The minimum Gasteiger partial charge on any atom is -0.454 e. The van der Waals surface area contributed by atoms with Crippen LogP contribution in [-0.2, 0) is 13.5 Å². The molecule has 1 unspecified atom stereocenters. The van der Waals surface area contributed by atoms with Crippen LogP contribution in [0.2, 0.25) is 0 Å². The summed E-state index contributed by atoms with van der Waals surface area (Å²) < 4.78 is 24.1. The molecule has 0 amide bonds. The van der Waals surface area contributed by atoms with Crippen LogP contribution >= 0.6 is 0 Å². The van der Waals surface area contributed by atoms with Gasteiger partial charge in [0.15, 0.2) is 6.20 Å². The summed E-state index contributed by atoms with van der Waals surface area (Å²) in [6.45, 7) is 2.09. The topological polar surface area (TPSA) is 20.3 Å². The Labute approximate surface area is 221 Å². The average Bonchev–Trinajstić information content (AvgIpc) is 3.47. The molecule has 0 bridgehead atoms. The van der Waals surface area contributed by atoms with E-state index in [1.807, 2.05) is 43.6 Å². The molecule has 0 aliphatic carbocycles. The molecule has 4 aromatic carbocycles. The second kappa shape index (κ2) is 8.56. The second-order valence-electron chi connectivity index (χ2n) is 10.3. The minimum absolute atomic E-state index is 0.269. The van der Waals surface area contributed by atoms with Gasteiger partial charge in [-0.05, 0) is 59.9 Å². The molecule has 38 heavy (non-hydrogen) atoms. The molecular weight excluding hydrogens is 471 g/mol. The van der Waals surface area contributed by atoms with Gasteiger partial charge in [-0.2, -0.15) is 0 Å². The number of hydrogen-bond acceptors (Lipinski definition) is 2. The fourth-order valence-electron chi connectivity index (χ4n) is 6.10. The number of likely N-dealkylation sites (N-methyl/N-ethyl adjacent to an activating group) is 1. The zero-order valence-corrected chi connectivity index (χ0v) is 21.7. The maximum absolute atomic E-state index is 15.5. The van der Waals surface area contributed by atoms with Crippen molar-refractivity contribution in [2.24, 2.45) is 7.05 Å². The van der Waals surface area contributed by atoms with Crippen molar-refractivity contribution in [2.75, 3.05) is 11.9 Å². The molecule has 1 aliphatic rings. The third kappa shape index (κ3) is 3.37. The molecule has 0 N–H and O–H groups in total. The number of benzene rings is 4. The van der Waals surface area contributed by atoms with Crippen molar-refractivity contribution in [1.29, 1.82) is 0 Å². The number of fused-ring (bicyclic) bond motifs is 4. The lowest BCUT2D eigenvalue weighted by atomic mass is 9.96. The highest BCUT2D eigenvalue weighted by atomic mass is 19.1. The summed E-state index contributed by atoms with van der Waals surface area (Å²) in [6.07, 6.45) is 3.00. The third-order valence-electron chi connectivity index (χ3n) is 8.11. The molecule has 2 aromatic heterocycles. The number of rotatable bonds is 3. The number of hydrogen-bond donors (Lipinski definition) is 0. The molecule has 1 atom stereocenters. The minimum atomic E-state index is -0.279. The predicted octanol–water partition coefficient (Wildman–Crippen LogP) is 7.93. The van der Waals surface area contributed by atoms with E-state index in [4.69, 9.17) is 4.42 Å². The number of anilines is 1. The van der Waals surface area contributed by atoms with Crippen LogP contribution in [0, 0.1) is 12.7 Å². The van der Waals surface area contributed by atoms with Gasteiger partial charge in [-0.15, -0.1) is 0 Å². The molecule has 7 rings (SSSR count). The van der Waals surface area contributed by atoms with Crippen molar-refractivity contribution in [3.63, 3.8) is 0 Å². The van der Waals surface area contributed by atoms with E-state index >= 15 is 4.39 Å². The van der Waals surface area contributed by atoms with Crippen molar-refractivity contribution < 1.29 is 13.4 Å². The summed E-state index contributed by atoms with van der Waals surface area (Å²) in [4.78, 5) is 2.33. The van der Waals surface area contributed by atoms with E-state index < -0.39 is 0 Å². The first-order valence-electron chi connectivity index (χ1n) is 13.0. The lowest BCUT2D eigenvalue weighted by Gasteiger charge is -2.23. The lowest BCUT2D eigenvalue weighted by Crippen LogP contribution is -2.30. The first-order valence-corrected chi connectivity index (χ1v) is 13.0. The van der Waals surface area contributed by atoms with Crippen LogP contribution in [0.15, 0.2) is 102 Å². The summed E-state index contributed by atoms with van der Waals surface area (Å²) in [5, 5.41) is 1.92. The number of aromatic nitrogens is 1. The number of halogens is 1. The summed E-state index contributed by atoms with van der Waals surface area (Å²) in [7, 11) is 4.18. The number of pyridine rings is 1. The zero-order chi connectivity index (χ0) is 26.0. The van der Waals surface area contributed by atoms with Crippen LogP contribution < -0.4 is 9.47 Å². The molecule has 0 saturated carbocycles. The summed E-state index contributed by atoms with van der Waals surface area (Å²) in [6, 6.07) is 30.9. The van der Waals surface area contributed by atoms with Gasteiger partial charge >= 0.3 is 0 Å². The highest BCUT2D eigenvalue weighted by molar-refractivity contribution is 6.13. The van der Waals surface area contributed by atoms with Crippen LogP contribution in [0.5, 0.6) is 0 Å². The molecule has 186 valence electrons. The SMILES string of the molecule is Cc1ccc2c(oc3c(-c4ccc(C5Cc6ccccc6N5C)cc4)c(F)ccc32)c1-c1cccc[n+]1C. The van der Waals surface area contributed by atoms with Gasteiger partial charge < -0.3 is 9.32 Å². The van der Waals surface area contributed by atoms with Crippen molar-refractivity contribution in [3.8, 4) is 22.4 Å². The molecule has 0 fully saturated rings. The van der Waals surface area contributed by atoms with Crippen molar-refractivity contribution in [2.45, 2.75) is 19.4 Å². The van der Waals surface area contributed by atoms with Crippen LogP contribution in [0.25, 0.3) is 44.3 Å². The highest BCUT2D eigenvalue weighted by Crippen LogP contribution is 2.43. The monoisotopic (exact) mass is 499 g/mol. The fourth-order valence-corrected chi connectivity index (χ4v) is 6.10. The number of para-hydroxylation sites is 1. The smallest absolute Gasteiger partial charge is 0.216 e. The standard InChI is InChI=1S/C34H28FN2O/c1-21-11-16-25-26-17-18-27(35)32(34(26)38-33(25)31(21)29-10-6-7-19-36(29)2)23-14-12-22(13-15-23)30-20-24-8-4-5-9-28(24)37(30)3/h4-19,30H,20H2,1-3H3/q+1. The predicted molar refractivity (Wildman–Crippen MR) is 152 cm³/mol. The van der Waals surface area contributed by atoms with Gasteiger partial charge in [-0.1, -0.05) is 54.6 Å². The first kappa shape index (κ1) is 22.7. The highest BCUT2D eigenvalue weighted by Gasteiger charge is 2.28. The van der Waals surface area contributed by atoms with Gasteiger partial charge in [0.1, 0.15) is 24.0 Å². The number of furan rings is 1. The average molecular weight is 500 g/mol. The molecule has 0 saturated heterocycles. The third-order valence-corrected chi connectivity index (χ3v) is 8.11. The van der Waals surface area contributed by atoms with Gasteiger partial charge in [0.25, 0.3) is 0 Å². The van der Waals surface area contributed by atoms with Crippen LogP contribution in [-0.4, -0.2) is 7.05 Å². The Morgan fingerprint density at radius 2 is 1.53 bits per heavy atom. The Bertz CT molecular complexity index is 1850. The quantitative estimate of drug-likeness (QED) is 0.231. The van der Waals surface area contributed by atoms with Crippen molar-refractivity contribution in [1.82, 2.24) is 0 Å². The molecule has 0 spiro atoms. The molecule has 0 radical (unpaired) electrons. The van der Waals surface area contributed by atoms with Crippen LogP contribution in [0.4, 0.5) is 10.1 Å². The number of nitrogens with zero attached hydrogens (tertiary/aromatic N) is 2.